The molecule has 0 saturated carbocycles. The van der Waals surface area contributed by atoms with Crippen LogP contribution in [0.15, 0.2) is 383 Å². The average molecular weight is 3110 g/mol. The normalized spacial score (nSPS) is 9.13. The van der Waals surface area contributed by atoms with Crippen molar-refractivity contribution in [3.05, 3.63) is 528 Å². The number of nitrogens with zero attached hydrogens (tertiary/aromatic N) is 3. The fourth-order valence-corrected chi connectivity index (χ4v) is 13.2. The van der Waals surface area contributed by atoms with Crippen molar-refractivity contribution in [2.45, 2.75) is 0 Å². The molecule has 0 atom stereocenters. The predicted octanol–water partition coefficient (Wildman–Crippen LogP) is 26.9. The quantitative estimate of drug-likeness (QED) is 0.114. The second kappa shape index (κ2) is 81.7. The van der Waals surface area contributed by atoms with Crippen LogP contribution in [0.5, 0.6) is 0 Å². The summed E-state index contributed by atoms with van der Waals surface area (Å²) in [6, 6.07) is 193. The molecule has 624 valence electrons. The van der Waals surface area contributed by atoms with Crippen LogP contribution in [-0.4, -0.2) is 15.0 Å². The first-order chi connectivity index (χ1) is 59.6. The van der Waals surface area contributed by atoms with E-state index in [4.69, 9.17) is 0 Å². The number of rotatable bonds is 12. The van der Waals surface area contributed by atoms with Crippen LogP contribution < -0.4 is 0 Å². The molecule has 0 amide bonds. The Morgan fingerprint density at radius 1 is 0.174 bits per heavy atom. The third-order valence-corrected chi connectivity index (χ3v) is 19.0. The van der Waals surface area contributed by atoms with Gasteiger partial charge in [0.1, 0.15) is 0 Å². The summed E-state index contributed by atoms with van der Waals surface area (Å²) in [4.78, 5) is 12.3. The fraction of sp³-hybridized carbons (Fsp3) is 0. The van der Waals surface area contributed by atoms with Crippen molar-refractivity contribution in [2.75, 3.05) is 0 Å². The van der Waals surface area contributed by atoms with Crippen molar-refractivity contribution in [3.63, 3.8) is 0 Å². The maximum Gasteiger partial charge on any atom is 0 e. The van der Waals surface area contributed by atoms with Crippen molar-refractivity contribution in [2.24, 2.45) is 0 Å². The average Bonchev–Trinajstić information content (AvgIpc) is 0.786. The minimum absolute atomic E-state index is 0. The topological polar surface area (TPSA) is 38.7 Å². The molecule has 18 aromatic carbocycles. The Labute approximate surface area is 1270 Å². The van der Waals surface area contributed by atoms with E-state index in [-0.39, 0.29) is 589 Å². The molecule has 0 aliphatic rings. The largest absolute Gasteiger partial charge is 0.394 e. The van der Waals surface area contributed by atoms with Gasteiger partial charge in [-0.1, -0.05) is 84.1 Å². The van der Waals surface area contributed by atoms with Gasteiger partial charge in [0.2, 0.25) is 0 Å². The van der Waals surface area contributed by atoms with E-state index in [0.29, 0.717) is 0 Å². The Morgan fingerprint density at radius 2 is 0.558 bits per heavy atom. The Hall–Kier alpha value is 4.06. The smallest absolute Gasteiger partial charge is 0 e. The molecule has 21 heteroatoms. The molecular formula is C117H63N3Y18-24. The van der Waals surface area contributed by atoms with Crippen LogP contribution in [0.1, 0.15) is 0 Å². The van der Waals surface area contributed by atoms with Crippen molar-refractivity contribution in [1.29, 1.82) is 0 Å². The zero-order valence-electron chi connectivity index (χ0n) is 75.1. The number of fused-ring (bicyclic) bond motifs is 3. The van der Waals surface area contributed by atoms with Gasteiger partial charge in [0.15, 0.2) is 0 Å². The maximum absolute atomic E-state index is 4.27. The summed E-state index contributed by atoms with van der Waals surface area (Å²) in [6.45, 7) is 0. The molecule has 0 saturated heterocycles. The van der Waals surface area contributed by atoms with Crippen LogP contribution in [0, 0.1) is 146 Å². The Morgan fingerprint density at radius 3 is 1.01 bits per heavy atom. The SMILES string of the molecule is [Y].[Y].[Y].[Y].[Y].[Y].[Y].[Y].[Y].[Y].[Y].[Y].[Y].[Y].[Y].[Y].[Y].[Y].[c-]1ccc(-c2[c-]cccn2)[c-]c1-c1[c-]cccc1.[c-]1ccc(-c2[c-]ccnc2)[c-]c1-c1[c-]cccc1.[c-]1ccc(-c2[c-]cncc2)[c-]c1-c1[c-]cccc1.[c-]1ccccc1-c1[c-]cc[c-]c1-c1[c-]c2ccccc2cc1.[c-]1ccccc1-c1[c-]cc[c-]c1-c1[c-]cc2ccccc2c1.[c-]1ccccc1-c1[c-]cc[c-]c1-c1[c-]ccc2ccccc12. The second-order valence-electron chi connectivity index (χ2n) is 26.8. The Kier molecular flexibility index (Phi) is 86.5. The number of hydrogen-bond acceptors (Lipinski definition) is 3. The van der Waals surface area contributed by atoms with E-state index in [9.17, 15) is 0 Å². The summed E-state index contributed by atoms with van der Waals surface area (Å²) < 4.78 is 0. The summed E-state index contributed by atoms with van der Waals surface area (Å²) in [6.07, 6.45) is 8.67. The third kappa shape index (κ3) is 44.0. The van der Waals surface area contributed by atoms with E-state index in [1.165, 1.54) is 26.9 Å². The predicted molar refractivity (Wildman–Crippen MR) is 482 cm³/mol. The van der Waals surface area contributed by atoms with Crippen LogP contribution in [0.4, 0.5) is 0 Å². The van der Waals surface area contributed by atoms with Gasteiger partial charge in [-0.3, -0.25) is 57.5 Å². The van der Waals surface area contributed by atoms with E-state index in [2.05, 4.69) is 239 Å². The molecule has 21 rings (SSSR count). The molecule has 3 aromatic heterocycles. The molecule has 0 bridgehead atoms. The van der Waals surface area contributed by atoms with E-state index in [0.717, 1.165) is 139 Å². The summed E-state index contributed by atoms with van der Waals surface area (Å²) in [5.41, 5.74) is 23.5. The van der Waals surface area contributed by atoms with Gasteiger partial charge in [0, 0.05) is 589 Å². The van der Waals surface area contributed by atoms with Gasteiger partial charge in [0.25, 0.3) is 0 Å². The molecule has 0 spiro atoms. The molecule has 21 aromatic rings. The van der Waals surface area contributed by atoms with Gasteiger partial charge in [-0.2, -0.15) is 169 Å². The molecule has 3 nitrogen and oxygen atoms in total. The minimum atomic E-state index is 0. The first-order valence-corrected chi connectivity index (χ1v) is 38.7. The van der Waals surface area contributed by atoms with Gasteiger partial charge >= 0.3 is 0 Å². The monoisotopic (exact) mass is 3110 g/mol. The third-order valence-electron chi connectivity index (χ3n) is 19.0. The van der Waals surface area contributed by atoms with E-state index < -0.39 is 0 Å². The first-order valence-electron chi connectivity index (χ1n) is 38.7. The van der Waals surface area contributed by atoms with E-state index in [1.54, 1.807) is 37.1 Å². The summed E-state index contributed by atoms with van der Waals surface area (Å²) >= 11 is 0. The minimum Gasteiger partial charge on any atom is -0.394 e. The Bertz CT molecular complexity index is 6240. The molecule has 0 fully saturated rings. The molecule has 0 aliphatic heterocycles. The number of benzene rings is 18. The number of pyridine rings is 3. The van der Waals surface area contributed by atoms with Crippen LogP contribution in [0.25, 0.3) is 166 Å². The van der Waals surface area contributed by atoms with Gasteiger partial charge in [0.05, 0.1) is 0 Å². The second-order valence-corrected chi connectivity index (χ2v) is 26.8. The van der Waals surface area contributed by atoms with Crippen LogP contribution in [0.3, 0.4) is 0 Å². The summed E-state index contributed by atoms with van der Waals surface area (Å²) in [5, 5.41) is 7.09. The number of aromatic nitrogens is 3. The van der Waals surface area contributed by atoms with E-state index >= 15 is 0 Å². The van der Waals surface area contributed by atoms with Crippen LogP contribution in [-0.2, 0) is 589 Å². The van der Waals surface area contributed by atoms with Gasteiger partial charge in [-0.05, 0) is 18.6 Å². The standard InChI is InChI=1S/3C22H12.3C17H9N.18Y/c1-2-9-17(10-3-1)19-14-6-7-15-21(19)22-16-8-12-18-11-4-5-13-20(18)22;2*1-2-9-18(10-3-1)21-12-6-7-13-22(21)20-15-14-17-8-4-5-11-19(17)16-20;1-2-6-14(7-3-1)15-8-4-9-16(12-15)17-10-5-11-18-13-17;1-2-7-14(8-3-1)15-9-6-10-16(13-15)17-11-4-5-12-18-17;1-2-5-14(6-3-1)16-7-4-8-17(13-16)15-9-11-18-12-10-15;;;;;;;;;;;;;;;;;;/h1-9,11-13H;1-9,11,14,16H;1-9,11,14-15H;1-6,9,11,13H;1-7,10,12H;1-5,8-9,11-12H;;;;;;;;;;;;;;;;;;/q6*-4;;;;;;;;;;;;;;;;;;. The molecule has 138 heavy (non-hydrogen) atoms. The summed E-state index contributed by atoms with van der Waals surface area (Å²) in [7, 11) is 0. The van der Waals surface area contributed by atoms with Gasteiger partial charge < -0.3 is 80.3 Å². The van der Waals surface area contributed by atoms with Crippen LogP contribution >= 0.6 is 0 Å². The van der Waals surface area contributed by atoms with Crippen molar-refractivity contribution >= 4 is 32.3 Å². The summed E-state index contributed by atoms with van der Waals surface area (Å²) in [5.74, 6) is 0. The zero-order valence-corrected chi connectivity index (χ0v) is 126. The molecule has 0 unspecified atom stereocenters. The fourth-order valence-electron chi connectivity index (χ4n) is 13.2. The zero-order chi connectivity index (χ0) is 81.0. The molecule has 18 radical (unpaired) electrons. The Balaban J connectivity index is -0.00000155. The van der Waals surface area contributed by atoms with Crippen molar-refractivity contribution in [1.82, 2.24) is 15.0 Å². The molecule has 0 N–H and O–H groups in total. The van der Waals surface area contributed by atoms with Crippen LogP contribution in [0.2, 0.25) is 0 Å². The van der Waals surface area contributed by atoms with Gasteiger partial charge in [-0.15, -0.1) is 118 Å². The molecule has 0 aliphatic carbocycles. The first kappa shape index (κ1) is 146. The van der Waals surface area contributed by atoms with E-state index in [1.807, 2.05) is 267 Å². The van der Waals surface area contributed by atoms with Gasteiger partial charge in [-0.25, -0.2) is 182 Å². The molecule has 3 heterocycles. The van der Waals surface area contributed by atoms with Crippen molar-refractivity contribution in [3.8, 4) is 134 Å². The number of hydrogen-bond donors (Lipinski definition) is 0. The van der Waals surface area contributed by atoms with Crippen molar-refractivity contribution < 1.29 is 589 Å². The molecular weight excluding hydrogens is 3050 g/mol. The maximum atomic E-state index is 4.27.